The van der Waals surface area contributed by atoms with Gasteiger partial charge in [0.2, 0.25) is 0 Å². The average molecular weight is 703 g/mol. The molecule has 6 aliphatic rings. The zero-order chi connectivity index (χ0) is 31.9. The van der Waals surface area contributed by atoms with Gasteiger partial charge in [0.15, 0.2) is 0 Å². The second kappa shape index (κ2) is 17.2. The van der Waals surface area contributed by atoms with Crippen molar-refractivity contribution >= 4 is 26.9 Å². The quantitative estimate of drug-likeness (QED) is 0.0788. The van der Waals surface area contributed by atoms with Crippen molar-refractivity contribution < 1.29 is 19.1 Å². The number of rotatable bonds is 9. The predicted molar refractivity (Wildman–Crippen MR) is 187 cm³/mol. The Labute approximate surface area is 287 Å². The van der Waals surface area contributed by atoms with Gasteiger partial charge in [-0.1, -0.05) is 38.5 Å². The number of carbonyl (C=O) groups excluding carboxylic acids is 2. The molecule has 0 aromatic carbocycles. The van der Waals surface area contributed by atoms with Crippen molar-refractivity contribution in [1.29, 1.82) is 0 Å². The second-order valence-electron chi connectivity index (χ2n) is 16.3. The number of hydrogen-bond donors (Lipinski definition) is 0. The van der Waals surface area contributed by atoms with Crippen LogP contribution in [0.25, 0.3) is 0 Å². The predicted octanol–water partition coefficient (Wildman–Crippen LogP) is 9.47. The molecule has 2 unspecified atom stereocenters. The number of methoxy groups -OCH3 is 2. The standard InChI is InChI=1S/C40H65NO4Se/c1-44-39(42)37(40(43)45-2)27-36-25-26-38(46-36)32-17-23-35(24-18-32)41(33-19-13-30(14-20-33)28-9-5-3-6-10-28)34-21-15-31(16-22-34)29-11-7-4-8-12-29/h27-36,38H,3-26H2,1-2H3. The van der Waals surface area contributed by atoms with Gasteiger partial charge in [0.05, 0.1) is 0 Å². The Morgan fingerprint density at radius 3 is 1.30 bits per heavy atom. The third-order valence-electron chi connectivity index (χ3n) is 13.9. The Bertz CT molecular complexity index is 939. The van der Waals surface area contributed by atoms with Crippen LogP contribution < -0.4 is 0 Å². The Kier molecular flexibility index (Phi) is 13.1. The molecule has 0 aromatic heterocycles. The molecule has 0 bridgehead atoms. The van der Waals surface area contributed by atoms with Gasteiger partial charge in [-0.2, -0.15) is 0 Å². The van der Waals surface area contributed by atoms with Crippen molar-refractivity contribution in [2.45, 2.75) is 182 Å². The normalized spacial score (nSPS) is 36.7. The van der Waals surface area contributed by atoms with E-state index in [1.807, 2.05) is 6.08 Å². The van der Waals surface area contributed by atoms with Gasteiger partial charge in [0, 0.05) is 0 Å². The van der Waals surface area contributed by atoms with Crippen molar-refractivity contribution in [3.05, 3.63) is 11.6 Å². The van der Waals surface area contributed by atoms with E-state index >= 15 is 0 Å². The third kappa shape index (κ3) is 8.65. The van der Waals surface area contributed by atoms with Gasteiger partial charge in [-0.25, -0.2) is 0 Å². The van der Waals surface area contributed by atoms with Crippen molar-refractivity contribution in [1.82, 2.24) is 4.90 Å². The van der Waals surface area contributed by atoms with Gasteiger partial charge in [0.1, 0.15) is 0 Å². The molecule has 46 heavy (non-hydrogen) atoms. The summed E-state index contributed by atoms with van der Waals surface area (Å²) in [6.45, 7) is 0. The van der Waals surface area contributed by atoms with Crippen LogP contribution in [0.15, 0.2) is 11.6 Å². The topological polar surface area (TPSA) is 55.8 Å². The molecule has 0 aromatic rings. The molecular weight excluding hydrogens is 637 g/mol. The molecule has 5 aliphatic carbocycles. The van der Waals surface area contributed by atoms with Crippen LogP contribution in [-0.2, 0) is 19.1 Å². The molecule has 1 saturated heterocycles. The molecule has 5 nitrogen and oxygen atoms in total. The Morgan fingerprint density at radius 2 is 0.891 bits per heavy atom. The van der Waals surface area contributed by atoms with Gasteiger partial charge in [-0.05, 0) is 0 Å². The van der Waals surface area contributed by atoms with Gasteiger partial charge < -0.3 is 0 Å². The first-order valence-corrected chi connectivity index (χ1v) is 21.8. The number of ether oxygens (including phenoxy) is 2. The van der Waals surface area contributed by atoms with Crippen LogP contribution in [0.3, 0.4) is 0 Å². The maximum atomic E-state index is 12.3. The fourth-order valence-electron chi connectivity index (χ4n) is 11.4. The van der Waals surface area contributed by atoms with E-state index in [0.29, 0.717) is 19.8 Å². The minimum absolute atomic E-state index is 0.0910. The van der Waals surface area contributed by atoms with E-state index < -0.39 is 11.9 Å². The number of esters is 2. The van der Waals surface area contributed by atoms with Gasteiger partial charge >= 0.3 is 250 Å². The van der Waals surface area contributed by atoms with Crippen LogP contribution in [0.4, 0.5) is 0 Å². The summed E-state index contributed by atoms with van der Waals surface area (Å²) in [5, 5.41) is 0. The van der Waals surface area contributed by atoms with Crippen LogP contribution in [0.5, 0.6) is 0 Å². The first-order valence-electron chi connectivity index (χ1n) is 19.8. The molecule has 0 spiro atoms. The van der Waals surface area contributed by atoms with E-state index in [1.54, 1.807) is 0 Å². The monoisotopic (exact) mass is 703 g/mol. The van der Waals surface area contributed by atoms with Crippen LogP contribution in [0, 0.1) is 29.6 Å². The van der Waals surface area contributed by atoms with E-state index in [9.17, 15) is 9.59 Å². The average Bonchev–Trinajstić information content (AvgIpc) is 3.60. The molecule has 0 N–H and O–H groups in total. The molecule has 1 heterocycles. The van der Waals surface area contributed by atoms with Crippen LogP contribution in [-0.4, -0.2) is 64.1 Å². The summed E-state index contributed by atoms with van der Waals surface area (Å²) in [7, 11) is 2.68. The summed E-state index contributed by atoms with van der Waals surface area (Å²) >= 11 is 0.416. The van der Waals surface area contributed by atoms with Crippen molar-refractivity contribution in [2.24, 2.45) is 29.6 Å². The van der Waals surface area contributed by atoms with Crippen LogP contribution >= 0.6 is 0 Å². The second-order valence-corrected chi connectivity index (χ2v) is 19.4. The van der Waals surface area contributed by atoms with E-state index in [-0.39, 0.29) is 5.57 Å². The zero-order valence-electron chi connectivity index (χ0n) is 29.3. The summed E-state index contributed by atoms with van der Waals surface area (Å²) in [5.74, 6) is 3.80. The van der Waals surface area contributed by atoms with Crippen LogP contribution in [0.2, 0.25) is 9.63 Å². The molecule has 1 aliphatic heterocycles. The van der Waals surface area contributed by atoms with Crippen molar-refractivity contribution in [3.63, 3.8) is 0 Å². The SMILES string of the molecule is COC(=O)C(=CC1CCC(C2CCC(N(C3CCC(C4CCCCC4)CC3)C3CCC(C4CCCCC4)CC3)CC2)[Se]1)C(=O)OC. The minimum atomic E-state index is -0.563. The first-order chi connectivity index (χ1) is 22.5. The molecule has 6 fully saturated rings. The number of allylic oxidation sites excluding steroid dienone is 1. The molecule has 2 atom stereocenters. The van der Waals surface area contributed by atoms with Gasteiger partial charge in [-0.3, -0.25) is 0 Å². The Balaban J connectivity index is 1.06. The summed E-state index contributed by atoms with van der Waals surface area (Å²) < 4.78 is 9.78. The Morgan fingerprint density at radius 1 is 0.500 bits per heavy atom. The molecule has 6 heteroatoms. The van der Waals surface area contributed by atoms with Crippen LogP contribution in [0.1, 0.15) is 154 Å². The van der Waals surface area contributed by atoms with Crippen molar-refractivity contribution in [3.8, 4) is 0 Å². The van der Waals surface area contributed by atoms with E-state index in [0.717, 1.165) is 59.0 Å². The van der Waals surface area contributed by atoms with E-state index in [2.05, 4.69) is 4.90 Å². The molecule has 5 saturated carbocycles. The molecular formula is C40H65NO4Se. The molecule has 260 valence electrons. The van der Waals surface area contributed by atoms with Crippen molar-refractivity contribution in [2.75, 3.05) is 14.2 Å². The summed E-state index contributed by atoms with van der Waals surface area (Å²) in [6, 6.07) is 2.45. The zero-order valence-corrected chi connectivity index (χ0v) is 31.0. The molecule has 6 rings (SSSR count). The maximum absolute atomic E-state index is 12.3. The fraction of sp³-hybridized carbons (Fsp3) is 0.900. The summed E-state index contributed by atoms with van der Waals surface area (Å²) in [5.41, 5.74) is 0.0910. The summed E-state index contributed by atoms with van der Waals surface area (Å²) in [4.78, 5) is 28.8. The van der Waals surface area contributed by atoms with Gasteiger partial charge in [-0.15, -0.1) is 0 Å². The van der Waals surface area contributed by atoms with Gasteiger partial charge in [0.25, 0.3) is 0 Å². The molecule has 0 radical (unpaired) electrons. The number of carbonyl (C=O) groups is 2. The summed E-state index contributed by atoms with van der Waals surface area (Å²) in [6.07, 6.45) is 36.6. The fourth-order valence-corrected chi connectivity index (χ4v) is 15.0. The third-order valence-corrected chi connectivity index (χ3v) is 17.4. The number of hydrogen-bond acceptors (Lipinski definition) is 5. The molecule has 0 amide bonds. The Hall–Kier alpha value is -0.841. The van der Waals surface area contributed by atoms with E-state index in [4.69, 9.17) is 9.47 Å². The first kappa shape index (κ1) is 35.0. The van der Waals surface area contributed by atoms with E-state index in [1.165, 1.54) is 162 Å². The number of nitrogens with zero attached hydrogens (tertiary/aromatic N) is 1.